The Morgan fingerprint density at radius 1 is 1.60 bits per heavy atom. The lowest BCUT2D eigenvalue weighted by Crippen LogP contribution is -2.32. The Kier molecular flexibility index (Phi) is 5.28. The molecule has 0 bridgehead atoms. The highest BCUT2D eigenvalue weighted by molar-refractivity contribution is 9.11. The molecule has 15 heavy (non-hydrogen) atoms. The first-order valence-corrected chi connectivity index (χ1v) is 6.46. The Labute approximate surface area is 103 Å². The summed E-state index contributed by atoms with van der Waals surface area (Å²) < 4.78 is 0.985. The molecular formula is C10H15BrN2OS. The van der Waals surface area contributed by atoms with Crippen LogP contribution in [0.1, 0.15) is 16.6 Å². The Morgan fingerprint density at radius 2 is 2.33 bits per heavy atom. The molecule has 1 N–H and O–H groups in total. The highest BCUT2D eigenvalue weighted by atomic mass is 79.9. The molecule has 1 heterocycles. The van der Waals surface area contributed by atoms with Crippen molar-refractivity contribution < 1.29 is 4.79 Å². The van der Waals surface area contributed by atoms with E-state index in [4.69, 9.17) is 0 Å². The van der Waals surface area contributed by atoms with Crippen LogP contribution >= 0.6 is 27.3 Å². The highest BCUT2D eigenvalue weighted by Crippen LogP contribution is 2.21. The van der Waals surface area contributed by atoms with E-state index in [0.717, 1.165) is 21.8 Å². The number of hydrogen-bond acceptors (Lipinski definition) is 3. The van der Waals surface area contributed by atoms with Crippen LogP contribution in [-0.4, -0.2) is 37.5 Å². The van der Waals surface area contributed by atoms with Gasteiger partial charge in [0, 0.05) is 13.1 Å². The number of rotatable bonds is 5. The molecule has 3 nitrogen and oxygen atoms in total. The van der Waals surface area contributed by atoms with E-state index in [1.807, 2.05) is 19.2 Å². The summed E-state index contributed by atoms with van der Waals surface area (Å²) in [6.07, 6.45) is 0. The number of thiophene rings is 1. The first-order chi connectivity index (χ1) is 7.13. The van der Waals surface area contributed by atoms with Crippen molar-refractivity contribution in [3.8, 4) is 0 Å². The largest absolute Gasteiger partial charge is 0.350 e. The summed E-state index contributed by atoms with van der Waals surface area (Å²) in [5, 5.41) is 2.89. The second-order valence-electron chi connectivity index (χ2n) is 3.26. The zero-order valence-electron chi connectivity index (χ0n) is 8.92. The number of carbonyl (C=O) groups excluding carboxylic acids is 1. The second-order valence-corrected chi connectivity index (χ2v) is 5.72. The molecule has 0 aromatic carbocycles. The molecule has 0 saturated heterocycles. The van der Waals surface area contributed by atoms with Crippen molar-refractivity contribution in [3.05, 3.63) is 20.8 Å². The topological polar surface area (TPSA) is 32.3 Å². The molecule has 5 heteroatoms. The van der Waals surface area contributed by atoms with Crippen LogP contribution in [0.4, 0.5) is 0 Å². The summed E-state index contributed by atoms with van der Waals surface area (Å²) in [5.74, 6) is 0.00945. The standard InChI is InChI=1S/C10H15BrN2OS/c1-3-13(2)7-6-12-10(14)8-4-5-9(11)15-8/h4-5H,3,6-7H2,1-2H3,(H,12,14). The molecule has 0 aliphatic rings. The van der Waals surface area contributed by atoms with E-state index in [2.05, 4.69) is 33.1 Å². The van der Waals surface area contributed by atoms with Gasteiger partial charge in [0.2, 0.25) is 0 Å². The van der Waals surface area contributed by atoms with Gasteiger partial charge in [0.15, 0.2) is 0 Å². The van der Waals surface area contributed by atoms with Gasteiger partial charge in [-0.1, -0.05) is 6.92 Å². The Hall–Kier alpha value is -0.390. The van der Waals surface area contributed by atoms with Crippen LogP contribution < -0.4 is 5.32 Å². The normalized spacial score (nSPS) is 10.7. The molecule has 1 aromatic rings. The number of hydrogen-bond donors (Lipinski definition) is 1. The molecule has 1 aromatic heterocycles. The van der Waals surface area contributed by atoms with Crippen molar-refractivity contribution in [2.24, 2.45) is 0 Å². The van der Waals surface area contributed by atoms with Crippen LogP contribution in [0, 0.1) is 0 Å². The van der Waals surface area contributed by atoms with Crippen molar-refractivity contribution >= 4 is 33.2 Å². The molecular weight excluding hydrogens is 276 g/mol. The van der Waals surface area contributed by atoms with E-state index >= 15 is 0 Å². The summed E-state index contributed by atoms with van der Waals surface area (Å²) in [6.45, 7) is 4.67. The van der Waals surface area contributed by atoms with Crippen molar-refractivity contribution in [3.63, 3.8) is 0 Å². The molecule has 0 unspecified atom stereocenters. The van der Waals surface area contributed by atoms with Crippen LogP contribution in [0.3, 0.4) is 0 Å². The van der Waals surface area contributed by atoms with Gasteiger partial charge in [-0.3, -0.25) is 4.79 Å². The third-order valence-corrected chi connectivity index (χ3v) is 3.74. The lowest BCUT2D eigenvalue weighted by Gasteiger charge is -2.13. The third kappa shape index (κ3) is 4.32. The maximum atomic E-state index is 11.6. The van der Waals surface area contributed by atoms with Crippen LogP contribution in [0.5, 0.6) is 0 Å². The number of nitrogens with zero attached hydrogens (tertiary/aromatic N) is 1. The minimum absolute atomic E-state index is 0.00945. The quantitative estimate of drug-likeness (QED) is 0.902. The predicted octanol–water partition coefficient (Wildman–Crippen LogP) is 2.19. The number of amides is 1. The van der Waals surface area contributed by atoms with Crippen LogP contribution in [0.15, 0.2) is 15.9 Å². The second kappa shape index (κ2) is 6.25. The Morgan fingerprint density at radius 3 is 2.87 bits per heavy atom. The zero-order valence-corrected chi connectivity index (χ0v) is 11.3. The smallest absolute Gasteiger partial charge is 0.261 e. The van der Waals surface area contributed by atoms with Gasteiger partial charge in [-0.2, -0.15) is 0 Å². The van der Waals surface area contributed by atoms with Crippen LogP contribution in [0.2, 0.25) is 0 Å². The van der Waals surface area contributed by atoms with Crippen LogP contribution in [-0.2, 0) is 0 Å². The summed E-state index contributed by atoms with van der Waals surface area (Å²) in [6, 6.07) is 3.71. The minimum atomic E-state index is 0.00945. The van der Waals surface area contributed by atoms with Gasteiger partial charge in [-0.25, -0.2) is 0 Å². The Bertz CT molecular complexity index is 327. The highest BCUT2D eigenvalue weighted by Gasteiger charge is 2.07. The average molecular weight is 291 g/mol. The van der Waals surface area contributed by atoms with Gasteiger partial charge in [-0.15, -0.1) is 11.3 Å². The lowest BCUT2D eigenvalue weighted by atomic mass is 10.4. The van der Waals surface area contributed by atoms with Crippen molar-refractivity contribution in [1.82, 2.24) is 10.2 Å². The molecule has 0 spiro atoms. The summed E-state index contributed by atoms with van der Waals surface area (Å²) in [4.78, 5) is 14.5. The SMILES string of the molecule is CCN(C)CCNC(=O)c1ccc(Br)s1. The molecule has 84 valence electrons. The number of likely N-dealkylation sites (N-methyl/N-ethyl adjacent to an activating group) is 1. The molecule has 0 fully saturated rings. The first-order valence-electron chi connectivity index (χ1n) is 4.85. The predicted molar refractivity (Wildman–Crippen MR) is 67.5 cm³/mol. The third-order valence-electron chi connectivity index (χ3n) is 2.12. The fourth-order valence-corrected chi connectivity index (χ4v) is 2.34. The first kappa shape index (κ1) is 12.7. The monoisotopic (exact) mass is 290 g/mol. The van der Waals surface area contributed by atoms with E-state index in [9.17, 15) is 4.79 Å². The van der Waals surface area contributed by atoms with Gasteiger partial charge >= 0.3 is 0 Å². The molecule has 1 amide bonds. The van der Waals surface area contributed by atoms with E-state index in [1.165, 1.54) is 11.3 Å². The zero-order chi connectivity index (χ0) is 11.3. The van der Waals surface area contributed by atoms with Gasteiger partial charge in [0.1, 0.15) is 0 Å². The summed E-state index contributed by atoms with van der Waals surface area (Å²) in [7, 11) is 2.04. The molecule has 0 aliphatic carbocycles. The van der Waals surface area contributed by atoms with Gasteiger partial charge in [0.05, 0.1) is 8.66 Å². The molecule has 0 radical (unpaired) electrons. The minimum Gasteiger partial charge on any atom is -0.350 e. The van der Waals surface area contributed by atoms with Crippen LogP contribution in [0.25, 0.3) is 0 Å². The van der Waals surface area contributed by atoms with E-state index in [0.29, 0.717) is 6.54 Å². The van der Waals surface area contributed by atoms with Gasteiger partial charge in [-0.05, 0) is 41.7 Å². The fourth-order valence-electron chi connectivity index (χ4n) is 1.04. The van der Waals surface area contributed by atoms with Crippen molar-refractivity contribution in [1.29, 1.82) is 0 Å². The maximum Gasteiger partial charge on any atom is 0.261 e. The fraction of sp³-hybridized carbons (Fsp3) is 0.500. The summed E-state index contributed by atoms with van der Waals surface area (Å²) in [5.41, 5.74) is 0. The van der Waals surface area contributed by atoms with E-state index < -0.39 is 0 Å². The Balaban J connectivity index is 2.31. The maximum absolute atomic E-state index is 11.6. The molecule has 0 atom stereocenters. The van der Waals surface area contributed by atoms with Gasteiger partial charge < -0.3 is 10.2 Å². The number of nitrogens with one attached hydrogen (secondary N) is 1. The average Bonchev–Trinajstić information content (AvgIpc) is 2.64. The van der Waals surface area contributed by atoms with Gasteiger partial charge in [0.25, 0.3) is 5.91 Å². The molecule has 0 saturated carbocycles. The van der Waals surface area contributed by atoms with E-state index in [1.54, 1.807) is 0 Å². The number of halogens is 1. The van der Waals surface area contributed by atoms with Crippen molar-refractivity contribution in [2.75, 3.05) is 26.7 Å². The number of carbonyl (C=O) groups is 1. The lowest BCUT2D eigenvalue weighted by molar-refractivity contribution is 0.0954. The van der Waals surface area contributed by atoms with E-state index in [-0.39, 0.29) is 5.91 Å². The van der Waals surface area contributed by atoms with Crippen molar-refractivity contribution in [2.45, 2.75) is 6.92 Å². The summed E-state index contributed by atoms with van der Waals surface area (Å²) >= 11 is 4.78. The molecule has 0 aliphatic heterocycles. The molecule has 1 rings (SSSR count).